The molecule has 2 aromatic rings. The summed E-state index contributed by atoms with van der Waals surface area (Å²) in [6.07, 6.45) is 2.20. The molecule has 0 atom stereocenters. The highest BCUT2D eigenvalue weighted by atomic mass is 35.5. The van der Waals surface area contributed by atoms with Crippen molar-refractivity contribution in [3.8, 4) is 11.4 Å². The zero-order valence-electron chi connectivity index (χ0n) is 13.6. The predicted molar refractivity (Wildman–Crippen MR) is 95.9 cm³/mol. The molecule has 0 bridgehead atoms. The Morgan fingerprint density at radius 2 is 2.04 bits per heavy atom. The fraction of sp³-hybridized carbons (Fsp3) is 0.471. The molecule has 128 valence electrons. The lowest BCUT2D eigenvalue weighted by Crippen LogP contribution is -2.38. The Morgan fingerprint density at radius 1 is 1.33 bits per heavy atom. The third-order valence-corrected chi connectivity index (χ3v) is 5.31. The smallest absolute Gasteiger partial charge is 0.236 e. The molecular weight excluding hydrogens is 346 g/mol. The Kier molecular flexibility index (Phi) is 5.79. The summed E-state index contributed by atoms with van der Waals surface area (Å²) in [5, 5.41) is 4.64. The van der Waals surface area contributed by atoms with Crippen LogP contribution in [0.3, 0.4) is 0 Å². The summed E-state index contributed by atoms with van der Waals surface area (Å²) in [6, 6.07) is 7.29. The molecule has 0 unspecified atom stereocenters. The van der Waals surface area contributed by atoms with E-state index in [4.69, 9.17) is 16.1 Å². The molecule has 1 aromatic carbocycles. The highest BCUT2D eigenvalue weighted by Crippen LogP contribution is 2.21. The second-order valence-electron chi connectivity index (χ2n) is 6.07. The van der Waals surface area contributed by atoms with Gasteiger partial charge in [-0.2, -0.15) is 4.98 Å². The van der Waals surface area contributed by atoms with Crippen molar-refractivity contribution in [3.05, 3.63) is 35.2 Å². The zero-order valence-corrected chi connectivity index (χ0v) is 15.1. The molecule has 2 heterocycles. The van der Waals surface area contributed by atoms with Crippen molar-refractivity contribution in [3.63, 3.8) is 0 Å². The molecule has 1 aliphatic rings. The normalized spacial score (nSPS) is 15.7. The lowest BCUT2D eigenvalue weighted by Gasteiger charge is -2.30. The number of halogens is 1. The van der Waals surface area contributed by atoms with Crippen LogP contribution in [0.1, 0.15) is 25.7 Å². The Bertz CT molecular complexity index is 681. The summed E-state index contributed by atoms with van der Waals surface area (Å²) in [6.45, 7) is 3.99. The van der Waals surface area contributed by atoms with Crippen LogP contribution < -0.4 is 0 Å². The fourth-order valence-electron chi connectivity index (χ4n) is 2.60. The minimum Gasteiger partial charge on any atom is -0.342 e. The Labute approximate surface area is 150 Å². The third-order valence-electron chi connectivity index (χ3n) is 4.16. The number of hydrogen-bond donors (Lipinski definition) is 0. The molecule has 24 heavy (non-hydrogen) atoms. The van der Waals surface area contributed by atoms with Crippen LogP contribution in [0.5, 0.6) is 0 Å². The predicted octanol–water partition coefficient (Wildman–Crippen LogP) is 3.88. The van der Waals surface area contributed by atoms with Gasteiger partial charge >= 0.3 is 0 Å². The monoisotopic (exact) mass is 365 g/mol. The maximum absolute atomic E-state index is 12.2. The first-order valence-corrected chi connectivity index (χ1v) is 9.59. The van der Waals surface area contributed by atoms with Crippen molar-refractivity contribution in [2.75, 3.05) is 18.8 Å². The minimum absolute atomic E-state index is 0.198. The maximum atomic E-state index is 12.2. The molecule has 0 radical (unpaired) electrons. The first-order valence-electron chi connectivity index (χ1n) is 8.06. The number of hydrogen-bond acceptors (Lipinski definition) is 5. The molecule has 1 saturated heterocycles. The Balaban J connectivity index is 1.47. The summed E-state index contributed by atoms with van der Waals surface area (Å²) < 4.78 is 5.25. The number of likely N-dealkylation sites (tertiary alicyclic amines) is 1. The van der Waals surface area contributed by atoms with Crippen LogP contribution in [0.2, 0.25) is 5.02 Å². The van der Waals surface area contributed by atoms with Crippen LogP contribution in [-0.4, -0.2) is 39.8 Å². The number of piperidine rings is 1. The highest BCUT2D eigenvalue weighted by Gasteiger charge is 2.20. The number of carbonyl (C=O) groups is 1. The third kappa shape index (κ3) is 4.51. The van der Waals surface area contributed by atoms with E-state index in [1.165, 1.54) is 11.8 Å². The molecule has 7 heteroatoms. The van der Waals surface area contributed by atoms with Gasteiger partial charge in [0.15, 0.2) is 0 Å². The molecular formula is C17H20ClN3O2S. The van der Waals surface area contributed by atoms with Crippen molar-refractivity contribution in [2.24, 2.45) is 5.92 Å². The number of rotatable bonds is 5. The molecule has 0 aliphatic carbocycles. The number of benzene rings is 1. The molecule has 1 aliphatic heterocycles. The van der Waals surface area contributed by atoms with Crippen LogP contribution in [0.4, 0.5) is 0 Å². The van der Waals surface area contributed by atoms with E-state index >= 15 is 0 Å². The van der Waals surface area contributed by atoms with Crippen molar-refractivity contribution in [2.45, 2.75) is 25.5 Å². The first-order chi connectivity index (χ1) is 11.6. The van der Waals surface area contributed by atoms with Crippen LogP contribution in [0.25, 0.3) is 11.4 Å². The number of aromatic nitrogens is 2. The summed E-state index contributed by atoms with van der Waals surface area (Å²) >= 11 is 7.38. The quantitative estimate of drug-likeness (QED) is 0.804. The summed E-state index contributed by atoms with van der Waals surface area (Å²) in [5.74, 6) is 2.99. The van der Waals surface area contributed by atoms with Gasteiger partial charge in [-0.1, -0.05) is 23.7 Å². The second-order valence-corrected chi connectivity index (χ2v) is 7.50. The van der Waals surface area contributed by atoms with Crippen molar-refractivity contribution >= 4 is 29.3 Å². The van der Waals surface area contributed by atoms with Gasteiger partial charge < -0.3 is 9.42 Å². The highest BCUT2D eigenvalue weighted by molar-refractivity contribution is 7.99. The average Bonchev–Trinajstić information content (AvgIpc) is 3.05. The van der Waals surface area contributed by atoms with Gasteiger partial charge in [-0.15, -0.1) is 11.8 Å². The maximum Gasteiger partial charge on any atom is 0.236 e. The van der Waals surface area contributed by atoms with Crippen molar-refractivity contribution in [1.29, 1.82) is 0 Å². The summed E-state index contributed by atoms with van der Waals surface area (Å²) in [4.78, 5) is 18.5. The van der Waals surface area contributed by atoms with Gasteiger partial charge in [0.2, 0.25) is 17.6 Å². The van der Waals surface area contributed by atoms with Gasteiger partial charge in [-0.3, -0.25) is 4.79 Å². The number of nitrogens with zero attached hydrogens (tertiary/aromatic N) is 3. The van der Waals surface area contributed by atoms with E-state index in [1.807, 2.05) is 17.0 Å². The van der Waals surface area contributed by atoms with E-state index in [-0.39, 0.29) is 5.91 Å². The standard InChI is InChI=1S/C17H20ClN3O2S/c1-12-6-8-21(9-7-12)16(22)11-24-10-15-19-17(20-23-15)13-2-4-14(18)5-3-13/h2-5,12H,6-11H2,1H3. The van der Waals surface area contributed by atoms with Crippen molar-refractivity contribution < 1.29 is 9.32 Å². The molecule has 1 fully saturated rings. The van der Waals surface area contributed by atoms with Crippen LogP contribution in [0, 0.1) is 5.92 Å². The molecule has 3 rings (SSSR count). The van der Waals surface area contributed by atoms with Gasteiger partial charge in [0, 0.05) is 23.7 Å². The molecule has 0 spiro atoms. The van der Waals surface area contributed by atoms with Crippen molar-refractivity contribution in [1.82, 2.24) is 15.0 Å². The van der Waals surface area contributed by atoms with E-state index in [0.29, 0.717) is 28.2 Å². The number of carbonyl (C=O) groups excluding carboxylic acids is 1. The number of thioether (sulfide) groups is 1. The summed E-state index contributed by atoms with van der Waals surface area (Å²) in [7, 11) is 0. The largest absolute Gasteiger partial charge is 0.342 e. The topological polar surface area (TPSA) is 59.2 Å². The van der Waals surface area contributed by atoms with Gasteiger partial charge in [0.25, 0.3) is 0 Å². The van der Waals surface area contributed by atoms with E-state index < -0.39 is 0 Å². The Hall–Kier alpha value is -1.53. The lowest BCUT2D eigenvalue weighted by molar-refractivity contribution is -0.129. The summed E-state index contributed by atoms with van der Waals surface area (Å²) in [5.41, 5.74) is 0.859. The van der Waals surface area contributed by atoms with Crippen LogP contribution in [-0.2, 0) is 10.5 Å². The van der Waals surface area contributed by atoms with E-state index in [0.717, 1.165) is 37.4 Å². The van der Waals surface area contributed by atoms with E-state index in [1.54, 1.807) is 12.1 Å². The van der Waals surface area contributed by atoms with Crippen LogP contribution in [0.15, 0.2) is 28.8 Å². The molecule has 5 nitrogen and oxygen atoms in total. The fourth-order valence-corrected chi connectivity index (χ4v) is 3.48. The molecule has 0 N–H and O–H groups in total. The molecule has 1 aromatic heterocycles. The minimum atomic E-state index is 0.198. The van der Waals surface area contributed by atoms with Gasteiger partial charge in [0.05, 0.1) is 11.5 Å². The van der Waals surface area contributed by atoms with Gasteiger partial charge in [-0.05, 0) is 43.0 Å². The van der Waals surface area contributed by atoms with Gasteiger partial charge in [0.1, 0.15) is 0 Å². The Morgan fingerprint density at radius 3 is 2.75 bits per heavy atom. The zero-order chi connectivity index (χ0) is 16.9. The van der Waals surface area contributed by atoms with E-state index in [2.05, 4.69) is 17.1 Å². The first kappa shape index (κ1) is 17.3. The molecule has 0 saturated carbocycles. The van der Waals surface area contributed by atoms with Crippen LogP contribution >= 0.6 is 23.4 Å². The molecule has 1 amide bonds. The van der Waals surface area contributed by atoms with Gasteiger partial charge in [-0.25, -0.2) is 0 Å². The average molecular weight is 366 g/mol. The lowest BCUT2D eigenvalue weighted by atomic mass is 9.99. The SMILES string of the molecule is CC1CCN(C(=O)CSCc2nc(-c3ccc(Cl)cc3)no2)CC1. The number of amides is 1. The second kappa shape index (κ2) is 8.03. The van der Waals surface area contributed by atoms with E-state index in [9.17, 15) is 4.79 Å².